The summed E-state index contributed by atoms with van der Waals surface area (Å²) in [5.74, 6) is -0.0631. The molecular weight excluding hydrogens is 159 g/mol. The highest BCUT2D eigenvalue weighted by molar-refractivity contribution is 8.02. The summed E-state index contributed by atoms with van der Waals surface area (Å²) in [5, 5.41) is 1.28. The molecule has 2 heteroatoms. The molecule has 0 N–H and O–H groups in total. The van der Waals surface area contributed by atoms with Crippen molar-refractivity contribution in [3.63, 3.8) is 0 Å². The van der Waals surface area contributed by atoms with Crippen LogP contribution in [0.5, 0.6) is 0 Å². The van der Waals surface area contributed by atoms with Gasteiger partial charge < -0.3 is 0 Å². The van der Waals surface area contributed by atoms with Crippen molar-refractivity contribution in [2.75, 3.05) is 0 Å². The molecule has 0 amide bonds. The predicted molar refractivity (Wildman–Crippen MR) is 44.9 cm³/mol. The highest BCUT2D eigenvalue weighted by Crippen LogP contribution is 2.42. The Morgan fingerprint density at radius 1 is 1.45 bits per heavy atom. The lowest BCUT2D eigenvalue weighted by atomic mass is 10.1. The summed E-state index contributed by atoms with van der Waals surface area (Å²) in [4.78, 5) is 1.09. The van der Waals surface area contributed by atoms with Crippen LogP contribution in [0.1, 0.15) is 12.5 Å². The van der Waals surface area contributed by atoms with Crippen LogP contribution in [0.25, 0.3) is 0 Å². The largest absolute Gasteiger partial charge is 0.207 e. The van der Waals surface area contributed by atoms with Gasteiger partial charge in [0, 0.05) is 15.7 Å². The SMILES string of the molecule is C[C]1Cc2c(F)cccc2S1. The first-order valence-electron chi connectivity index (χ1n) is 3.55. The molecule has 0 nitrogen and oxygen atoms in total. The Balaban J connectivity index is 2.49. The van der Waals surface area contributed by atoms with E-state index in [9.17, 15) is 4.39 Å². The molecule has 1 aromatic carbocycles. The molecule has 57 valence electrons. The molecule has 2 rings (SSSR count). The number of thioether (sulfide) groups is 1. The van der Waals surface area contributed by atoms with Gasteiger partial charge in [-0.25, -0.2) is 4.39 Å². The van der Waals surface area contributed by atoms with E-state index in [-0.39, 0.29) is 5.82 Å². The average Bonchev–Trinajstić information content (AvgIpc) is 2.31. The van der Waals surface area contributed by atoms with E-state index in [2.05, 4.69) is 0 Å². The molecule has 0 fully saturated rings. The van der Waals surface area contributed by atoms with Crippen LogP contribution in [0.4, 0.5) is 4.39 Å². The van der Waals surface area contributed by atoms with E-state index in [1.54, 1.807) is 17.8 Å². The van der Waals surface area contributed by atoms with Gasteiger partial charge in [0.2, 0.25) is 0 Å². The van der Waals surface area contributed by atoms with Crippen LogP contribution >= 0.6 is 11.8 Å². The van der Waals surface area contributed by atoms with Gasteiger partial charge in [-0.15, -0.1) is 11.8 Å². The van der Waals surface area contributed by atoms with E-state index in [4.69, 9.17) is 0 Å². The zero-order valence-electron chi connectivity index (χ0n) is 6.23. The fourth-order valence-corrected chi connectivity index (χ4v) is 2.31. The predicted octanol–water partition coefficient (Wildman–Crippen LogP) is 3.03. The van der Waals surface area contributed by atoms with Gasteiger partial charge in [0.25, 0.3) is 0 Å². The number of rotatable bonds is 0. The monoisotopic (exact) mass is 167 g/mol. The lowest BCUT2D eigenvalue weighted by Gasteiger charge is -1.96. The summed E-state index contributed by atoms with van der Waals surface area (Å²) in [6, 6.07) is 5.26. The second kappa shape index (κ2) is 2.52. The summed E-state index contributed by atoms with van der Waals surface area (Å²) in [5.41, 5.74) is 0.870. The molecule has 0 atom stereocenters. The third kappa shape index (κ3) is 1.16. The third-order valence-corrected chi connectivity index (χ3v) is 2.88. The summed E-state index contributed by atoms with van der Waals surface area (Å²) in [6.45, 7) is 2.05. The molecule has 0 aliphatic carbocycles. The van der Waals surface area contributed by atoms with Crippen LogP contribution in [0.2, 0.25) is 0 Å². The van der Waals surface area contributed by atoms with Crippen LogP contribution in [0.15, 0.2) is 23.1 Å². The summed E-state index contributed by atoms with van der Waals surface area (Å²) >= 11 is 1.68. The van der Waals surface area contributed by atoms with E-state index < -0.39 is 0 Å². The summed E-state index contributed by atoms with van der Waals surface area (Å²) < 4.78 is 13.0. The Morgan fingerprint density at radius 3 is 3.00 bits per heavy atom. The highest BCUT2D eigenvalue weighted by atomic mass is 32.2. The summed E-state index contributed by atoms with van der Waals surface area (Å²) in [7, 11) is 0. The minimum absolute atomic E-state index is 0.0631. The molecule has 0 aromatic heterocycles. The Labute approximate surface area is 69.8 Å². The Kier molecular flexibility index (Phi) is 1.64. The zero-order valence-corrected chi connectivity index (χ0v) is 7.04. The van der Waals surface area contributed by atoms with E-state index in [1.807, 2.05) is 13.0 Å². The normalized spacial score (nSPS) is 16.9. The Hall–Kier alpha value is -0.500. The van der Waals surface area contributed by atoms with Gasteiger partial charge in [-0.05, 0) is 25.5 Å². The molecule has 0 saturated carbocycles. The van der Waals surface area contributed by atoms with E-state index in [1.165, 1.54) is 11.3 Å². The van der Waals surface area contributed by atoms with Gasteiger partial charge in [-0.1, -0.05) is 6.07 Å². The van der Waals surface area contributed by atoms with Crippen molar-refractivity contribution in [1.82, 2.24) is 0 Å². The number of halogens is 1. The molecule has 1 aliphatic rings. The van der Waals surface area contributed by atoms with E-state index in [0.717, 1.165) is 16.9 Å². The van der Waals surface area contributed by atoms with Crippen LogP contribution in [0.3, 0.4) is 0 Å². The van der Waals surface area contributed by atoms with Crippen molar-refractivity contribution in [3.8, 4) is 0 Å². The van der Waals surface area contributed by atoms with Gasteiger partial charge in [0.15, 0.2) is 0 Å². The van der Waals surface area contributed by atoms with Crippen molar-refractivity contribution < 1.29 is 4.39 Å². The first kappa shape index (κ1) is 7.17. The van der Waals surface area contributed by atoms with Crippen molar-refractivity contribution in [1.29, 1.82) is 0 Å². The van der Waals surface area contributed by atoms with Crippen molar-refractivity contribution in [3.05, 3.63) is 34.8 Å². The summed E-state index contributed by atoms with van der Waals surface area (Å²) in [6.07, 6.45) is 0.798. The van der Waals surface area contributed by atoms with Gasteiger partial charge in [-0.2, -0.15) is 0 Å². The smallest absolute Gasteiger partial charge is 0.127 e. The lowest BCUT2D eigenvalue weighted by Crippen LogP contribution is -1.87. The maximum absolute atomic E-state index is 13.0. The van der Waals surface area contributed by atoms with E-state index in [0.29, 0.717) is 0 Å². The Bertz CT molecular complexity index is 283. The fourth-order valence-electron chi connectivity index (χ4n) is 1.28. The van der Waals surface area contributed by atoms with Crippen molar-refractivity contribution >= 4 is 11.8 Å². The molecule has 11 heavy (non-hydrogen) atoms. The molecule has 1 heterocycles. The number of hydrogen-bond donors (Lipinski definition) is 0. The third-order valence-electron chi connectivity index (χ3n) is 1.79. The lowest BCUT2D eigenvalue weighted by molar-refractivity contribution is 0.609. The van der Waals surface area contributed by atoms with Gasteiger partial charge >= 0.3 is 0 Å². The van der Waals surface area contributed by atoms with Crippen LogP contribution < -0.4 is 0 Å². The minimum Gasteiger partial charge on any atom is -0.207 e. The number of fused-ring (bicyclic) bond motifs is 1. The first-order valence-corrected chi connectivity index (χ1v) is 4.36. The van der Waals surface area contributed by atoms with Crippen LogP contribution in [0, 0.1) is 11.1 Å². The quantitative estimate of drug-likeness (QED) is 0.572. The molecule has 0 saturated heterocycles. The molecule has 1 aliphatic heterocycles. The van der Waals surface area contributed by atoms with Gasteiger partial charge in [-0.3, -0.25) is 0 Å². The Morgan fingerprint density at radius 2 is 2.27 bits per heavy atom. The molecule has 0 spiro atoms. The minimum atomic E-state index is -0.0631. The van der Waals surface area contributed by atoms with Gasteiger partial charge in [0.05, 0.1) is 0 Å². The van der Waals surface area contributed by atoms with Crippen molar-refractivity contribution in [2.45, 2.75) is 18.2 Å². The van der Waals surface area contributed by atoms with Gasteiger partial charge in [0.1, 0.15) is 5.82 Å². The second-order valence-corrected chi connectivity index (χ2v) is 4.04. The molecule has 0 unspecified atom stereocenters. The molecule has 1 aromatic rings. The molecule has 0 bridgehead atoms. The first-order chi connectivity index (χ1) is 5.27. The topological polar surface area (TPSA) is 0 Å². The second-order valence-electron chi connectivity index (χ2n) is 2.70. The average molecular weight is 167 g/mol. The zero-order chi connectivity index (χ0) is 7.84. The molecular formula is C9H8FS. The van der Waals surface area contributed by atoms with Crippen molar-refractivity contribution in [2.24, 2.45) is 0 Å². The number of benzene rings is 1. The maximum Gasteiger partial charge on any atom is 0.127 e. The fraction of sp³-hybridized carbons (Fsp3) is 0.222. The highest BCUT2D eigenvalue weighted by Gasteiger charge is 2.21. The number of hydrogen-bond acceptors (Lipinski definition) is 1. The maximum atomic E-state index is 13.0. The van der Waals surface area contributed by atoms with Crippen LogP contribution in [-0.2, 0) is 6.42 Å². The molecule has 1 radical (unpaired) electrons. The van der Waals surface area contributed by atoms with Crippen LogP contribution in [-0.4, -0.2) is 0 Å². The van der Waals surface area contributed by atoms with E-state index >= 15 is 0 Å². The standard InChI is InChI=1S/C9H8FS/c1-6-5-7-8(10)3-2-4-9(7)11-6/h2-4H,5H2,1H3.